The molecule has 0 amide bonds. The van der Waals surface area contributed by atoms with Gasteiger partial charge in [-0.25, -0.2) is 0 Å². The van der Waals surface area contributed by atoms with Crippen molar-refractivity contribution in [3.63, 3.8) is 0 Å². The summed E-state index contributed by atoms with van der Waals surface area (Å²) in [6, 6.07) is 15.3. The van der Waals surface area contributed by atoms with E-state index in [4.69, 9.17) is 9.47 Å². The number of aryl methyl sites for hydroxylation is 1. The summed E-state index contributed by atoms with van der Waals surface area (Å²) in [7, 11) is 0. The van der Waals surface area contributed by atoms with Crippen molar-refractivity contribution in [1.29, 1.82) is 0 Å². The molecule has 1 heterocycles. The number of halogens is 1. The van der Waals surface area contributed by atoms with Gasteiger partial charge in [-0.1, -0.05) is 18.2 Å². The van der Waals surface area contributed by atoms with E-state index in [2.05, 4.69) is 70.0 Å². The van der Waals surface area contributed by atoms with Crippen LogP contribution >= 0.6 is 22.6 Å². The zero-order chi connectivity index (χ0) is 20.6. The zero-order valence-corrected chi connectivity index (χ0v) is 19.4. The van der Waals surface area contributed by atoms with Gasteiger partial charge in [0.2, 0.25) is 0 Å². The lowest BCUT2D eigenvalue weighted by molar-refractivity contribution is -0.167. The predicted molar refractivity (Wildman–Crippen MR) is 122 cm³/mol. The molecule has 1 aliphatic heterocycles. The van der Waals surface area contributed by atoms with E-state index in [-0.39, 0.29) is 11.9 Å². The third-order valence-corrected chi connectivity index (χ3v) is 6.22. The Morgan fingerprint density at radius 3 is 2.69 bits per heavy atom. The van der Waals surface area contributed by atoms with Crippen LogP contribution in [0.3, 0.4) is 0 Å². The van der Waals surface area contributed by atoms with Crippen LogP contribution in [0.2, 0.25) is 0 Å². The van der Waals surface area contributed by atoms with Crippen molar-refractivity contribution in [2.75, 3.05) is 13.1 Å². The second-order valence-electron chi connectivity index (χ2n) is 9.02. The number of carbonyl (C=O) groups excluding carboxylic acids is 1. The average Bonchev–Trinajstić information content (AvgIpc) is 3.00. The van der Waals surface area contributed by atoms with Gasteiger partial charge in [-0.3, -0.25) is 9.69 Å². The lowest BCUT2D eigenvalue weighted by atomic mass is 9.95. The smallest absolute Gasteiger partial charge is 0.312 e. The van der Waals surface area contributed by atoms with Crippen LogP contribution in [-0.4, -0.2) is 29.6 Å². The average molecular weight is 505 g/mol. The Labute approximate surface area is 186 Å². The molecule has 1 unspecified atom stereocenters. The van der Waals surface area contributed by atoms with Crippen LogP contribution in [0.4, 0.5) is 0 Å². The number of likely N-dealkylation sites (tertiary alicyclic amines) is 1. The third kappa shape index (κ3) is 4.94. The Kier molecular flexibility index (Phi) is 5.89. The largest absolute Gasteiger partial charge is 0.489 e. The maximum absolute atomic E-state index is 12.2. The molecule has 1 fully saturated rings. The van der Waals surface area contributed by atoms with E-state index in [1.54, 1.807) is 0 Å². The van der Waals surface area contributed by atoms with Gasteiger partial charge >= 0.3 is 5.97 Å². The Balaban J connectivity index is 1.34. The van der Waals surface area contributed by atoms with Gasteiger partial charge in [0.25, 0.3) is 0 Å². The minimum Gasteiger partial charge on any atom is -0.489 e. The van der Waals surface area contributed by atoms with Crippen LogP contribution in [0.15, 0.2) is 42.5 Å². The van der Waals surface area contributed by atoms with Crippen molar-refractivity contribution in [3.05, 3.63) is 62.7 Å². The molecule has 0 aromatic heterocycles. The first-order valence-corrected chi connectivity index (χ1v) is 11.3. The van der Waals surface area contributed by atoms with Gasteiger partial charge in [0.05, 0.1) is 5.92 Å². The van der Waals surface area contributed by atoms with E-state index in [9.17, 15) is 4.79 Å². The number of ether oxygens (including phenoxy) is 2. The maximum Gasteiger partial charge on any atom is 0.312 e. The van der Waals surface area contributed by atoms with Crippen LogP contribution in [0.5, 0.6) is 5.75 Å². The van der Waals surface area contributed by atoms with E-state index < -0.39 is 5.60 Å². The van der Waals surface area contributed by atoms with Crippen molar-refractivity contribution in [1.82, 2.24) is 4.90 Å². The van der Waals surface area contributed by atoms with Crippen LogP contribution < -0.4 is 4.74 Å². The number of hydrogen-bond donors (Lipinski definition) is 0. The predicted octanol–water partition coefficient (Wildman–Crippen LogP) is 5.13. The molecular formula is C24H28INO3. The SMILES string of the molecule is CC(C)(C)OC(=O)C1CN(C2CCc3cc(OCc4cccc(I)c4)ccc32)C1. The van der Waals surface area contributed by atoms with E-state index in [0.717, 1.165) is 31.7 Å². The molecule has 0 spiro atoms. The number of hydrogen-bond acceptors (Lipinski definition) is 4. The summed E-state index contributed by atoms with van der Waals surface area (Å²) in [6.45, 7) is 7.95. The Hall–Kier alpha value is -1.60. The fourth-order valence-electron chi connectivity index (χ4n) is 4.14. The molecule has 2 aromatic rings. The van der Waals surface area contributed by atoms with Crippen LogP contribution in [0, 0.1) is 9.49 Å². The highest BCUT2D eigenvalue weighted by Crippen LogP contribution is 2.41. The summed E-state index contributed by atoms with van der Waals surface area (Å²) >= 11 is 2.32. The maximum atomic E-state index is 12.2. The van der Waals surface area contributed by atoms with Crippen molar-refractivity contribution < 1.29 is 14.3 Å². The first-order valence-electron chi connectivity index (χ1n) is 10.3. The fraction of sp³-hybridized carbons (Fsp3) is 0.458. The summed E-state index contributed by atoms with van der Waals surface area (Å²) in [5.41, 5.74) is 3.53. The molecule has 0 radical (unpaired) electrons. The van der Waals surface area contributed by atoms with Crippen molar-refractivity contribution in [3.8, 4) is 5.75 Å². The molecule has 0 saturated carbocycles. The van der Waals surface area contributed by atoms with Crippen LogP contribution in [-0.2, 0) is 22.6 Å². The molecule has 2 aliphatic rings. The second-order valence-corrected chi connectivity index (χ2v) is 10.3. The third-order valence-electron chi connectivity index (χ3n) is 5.55. The van der Waals surface area contributed by atoms with Crippen LogP contribution in [0.25, 0.3) is 0 Å². The molecule has 4 rings (SSSR count). The van der Waals surface area contributed by atoms with Gasteiger partial charge < -0.3 is 9.47 Å². The number of fused-ring (bicyclic) bond motifs is 1. The topological polar surface area (TPSA) is 38.8 Å². The Bertz CT molecular complexity index is 899. The molecule has 29 heavy (non-hydrogen) atoms. The van der Waals surface area contributed by atoms with E-state index in [1.165, 1.54) is 20.3 Å². The summed E-state index contributed by atoms with van der Waals surface area (Å²) in [6.07, 6.45) is 2.17. The number of carbonyl (C=O) groups is 1. The highest BCUT2D eigenvalue weighted by molar-refractivity contribution is 14.1. The fourth-order valence-corrected chi connectivity index (χ4v) is 4.74. The lowest BCUT2D eigenvalue weighted by Crippen LogP contribution is -2.52. The van der Waals surface area contributed by atoms with Crippen molar-refractivity contribution in [2.45, 2.75) is 51.9 Å². The molecule has 4 nitrogen and oxygen atoms in total. The first-order chi connectivity index (χ1) is 13.8. The van der Waals surface area contributed by atoms with Gasteiger partial charge in [0.15, 0.2) is 0 Å². The summed E-state index contributed by atoms with van der Waals surface area (Å²) in [4.78, 5) is 14.6. The number of rotatable bonds is 5. The summed E-state index contributed by atoms with van der Waals surface area (Å²) in [5.74, 6) is 0.874. The van der Waals surface area contributed by atoms with Gasteiger partial charge in [0.1, 0.15) is 18.0 Å². The number of esters is 1. The molecule has 5 heteroatoms. The van der Waals surface area contributed by atoms with E-state index in [1.807, 2.05) is 20.8 Å². The normalized spacial score (nSPS) is 19.5. The Morgan fingerprint density at radius 2 is 1.97 bits per heavy atom. The number of benzene rings is 2. The summed E-state index contributed by atoms with van der Waals surface area (Å²) in [5, 5.41) is 0. The van der Waals surface area contributed by atoms with Gasteiger partial charge in [-0.2, -0.15) is 0 Å². The molecule has 0 N–H and O–H groups in total. The van der Waals surface area contributed by atoms with Crippen molar-refractivity contribution >= 4 is 28.6 Å². The number of nitrogens with zero attached hydrogens (tertiary/aromatic N) is 1. The lowest BCUT2D eigenvalue weighted by Gasteiger charge is -2.42. The monoisotopic (exact) mass is 505 g/mol. The molecule has 154 valence electrons. The molecule has 1 aliphatic carbocycles. The quantitative estimate of drug-likeness (QED) is 0.417. The molecular weight excluding hydrogens is 477 g/mol. The minimum absolute atomic E-state index is 0.00884. The van der Waals surface area contributed by atoms with Gasteiger partial charge in [0, 0.05) is 22.7 Å². The Morgan fingerprint density at radius 1 is 1.17 bits per heavy atom. The van der Waals surface area contributed by atoms with Crippen LogP contribution in [0.1, 0.15) is 49.9 Å². The molecule has 1 atom stereocenters. The molecule has 2 aromatic carbocycles. The van der Waals surface area contributed by atoms with E-state index >= 15 is 0 Å². The highest BCUT2D eigenvalue weighted by atomic mass is 127. The van der Waals surface area contributed by atoms with Gasteiger partial charge in [-0.05, 0) is 97.2 Å². The molecule has 1 saturated heterocycles. The summed E-state index contributed by atoms with van der Waals surface area (Å²) < 4.78 is 12.8. The molecule has 0 bridgehead atoms. The van der Waals surface area contributed by atoms with E-state index in [0.29, 0.717) is 12.6 Å². The standard InChI is InChI=1S/C24H28INO3/c1-24(2,3)29-23(27)18-13-26(14-18)22-10-7-17-12-20(8-9-21(17)22)28-15-16-5-4-6-19(25)11-16/h4-6,8-9,11-12,18,22H,7,10,13-15H2,1-3H3. The first kappa shape index (κ1) is 20.7. The second kappa shape index (κ2) is 8.26. The van der Waals surface area contributed by atoms with Crippen molar-refractivity contribution in [2.24, 2.45) is 5.92 Å². The zero-order valence-electron chi connectivity index (χ0n) is 17.3. The minimum atomic E-state index is -0.411. The highest BCUT2D eigenvalue weighted by Gasteiger charge is 2.41. The van der Waals surface area contributed by atoms with Gasteiger partial charge in [-0.15, -0.1) is 0 Å².